The minimum absolute atomic E-state index is 0.0583. The number of carbonyl (C=O) groups excluding carboxylic acids is 1. The summed E-state index contributed by atoms with van der Waals surface area (Å²) in [4.78, 5) is 11.5. The number of aryl methyl sites for hydroxylation is 1. The smallest absolute Gasteiger partial charge is 0.258 e. The summed E-state index contributed by atoms with van der Waals surface area (Å²) in [6.07, 6.45) is 0. The van der Waals surface area contributed by atoms with Crippen LogP contribution in [-0.4, -0.2) is 37.4 Å². The first-order chi connectivity index (χ1) is 8.51. The predicted molar refractivity (Wildman–Crippen MR) is 67.8 cm³/mol. The third-order valence-corrected chi connectivity index (χ3v) is 2.23. The minimum Gasteiger partial charge on any atom is -0.508 e. The Labute approximate surface area is 107 Å². The first-order valence-electron chi connectivity index (χ1n) is 5.73. The van der Waals surface area contributed by atoms with Crippen LogP contribution in [0.2, 0.25) is 0 Å². The minimum atomic E-state index is -0.222. The van der Waals surface area contributed by atoms with E-state index in [1.54, 1.807) is 19.2 Å². The first-order valence-corrected chi connectivity index (χ1v) is 5.73. The lowest BCUT2D eigenvalue weighted by Gasteiger charge is -2.13. The second kappa shape index (κ2) is 6.86. The number of amides is 1. The third-order valence-electron chi connectivity index (χ3n) is 2.23. The molecule has 2 N–H and O–H groups in total. The van der Waals surface area contributed by atoms with Crippen molar-refractivity contribution in [2.75, 3.05) is 20.3 Å². The highest BCUT2D eigenvalue weighted by Gasteiger charge is 2.08. The fourth-order valence-electron chi connectivity index (χ4n) is 1.57. The van der Waals surface area contributed by atoms with Crippen LogP contribution in [0.25, 0.3) is 0 Å². The molecule has 1 aromatic rings. The van der Waals surface area contributed by atoms with Crippen molar-refractivity contribution in [3.05, 3.63) is 23.8 Å². The van der Waals surface area contributed by atoms with Gasteiger partial charge in [-0.05, 0) is 31.5 Å². The number of nitrogens with one attached hydrogen (secondary N) is 1. The fraction of sp³-hybridized carbons (Fsp3) is 0.462. The fourth-order valence-corrected chi connectivity index (χ4v) is 1.57. The van der Waals surface area contributed by atoms with Crippen LogP contribution in [0.4, 0.5) is 0 Å². The Balaban J connectivity index is 2.42. The molecule has 1 amide bonds. The quantitative estimate of drug-likeness (QED) is 0.800. The average Bonchev–Trinajstić information content (AvgIpc) is 2.25. The summed E-state index contributed by atoms with van der Waals surface area (Å²) in [5.74, 6) is 0.376. The van der Waals surface area contributed by atoms with Crippen LogP contribution in [0.5, 0.6) is 11.5 Å². The van der Waals surface area contributed by atoms with E-state index >= 15 is 0 Å². The van der Waals surface area contributed by atoms with Crippen LogP contribution < -0.4 is 10.1 Å². The van der Waals surface area contributed by atoms with Crippen LogP contribution in [0.15, 0.2) is 18.2 Å². The van der Waals surface area contributed by atoms with Gasteiger partial charge in [0.05, 0.1) is 6.61 Å². The van der Waals surface area contributed by atoms with E-state index in [9.17, 15) is 9.90 Å². The van der Waals surface area contributed by atoms with E-state index < -0.39 is 0 Å². The van der Waals surface area contributed by atoms with Gasteiger partial charge in [-0.25, -0.2) is 0 Å². The van der Waals surface area contributed by atoms with Crippen molar-refractivity contribution in [3.63, 3.8) is 0 Å². The molecule has 18 heavy (non-hydrogen) atoms. The number of carbonyl (C=O) groups is 1. The molecule has 0 aromatic heterocycles. The van der Waals surface area contributed by atoms with E-state index in [0.717, 1.165) is 5.56 Å². The molecule has 0 aliphatic carbocycles. The van der Waals surface area contributed by atoms with Crippen molar-refractivity contribution in [3.8, 4) is 11.5 Å². The van der Waals surface area contributed by atoms with Crippen molar-refractivity contribution in [2.45, 2.75) is 19.9 Å². The summed E-state index contributed by atoms with van der Waals surface area (Å²) in [6.45, 7) is 4.06. The summed E-state index contributed by atoms with van der Waals surface area (Å²) < 4.78 is 10.2. The van der Waals surface area contributed by atoms with E-state index in [1.165, 1.54) is 6.07 Å². The molecule has 100 valence electrons. The molecule has 0 aliphatic rings. The number of phenolic OH excluding ortho intramolecular Hbond substituents is 1. The topological polar surface area (TPSA) is 67.8 Å². The number of benzene rings is 1. The van der Waals surface area contributed by atoms with Gasteiger partial charge in [0, 0.05) is 19.2 Å². The largest absolute Gasteiger partial charge is 0.508 e. The molecule has 5 nitrogen and oxygen atoms in total. The Morgan fingerprint density at radius 3 is 2.78 bits per heavy atom. The molecule has 0 saturated carbocycles. The predicted octanol–water partition coefficient (Wildman–Crippen LogP) is 1.23. The molecule has 1 aromatic carbocycles. The molecular weight excluding hydrogens is 234 g/mol. The molecule has 0 bridgehead atoms. The second-order valence-corrected chi connectivity index (χ2v) is 4.22. The van der Waals surface area contributed by atoms with E-state index in [4.69, 9.17) is 9.47 Å². The Morgan fingerprint density at radius 2 is 2.17 bits per heavy atom. The summed E-state index contributed by atoms with van der Waals surface area (Å²) in [6, 6.07) is 4.79. The van der Waals surface area contributed by atoms with Crippen molar-refractivity contribution in [1.82, 2.24) is 5.32 Å². The van der Waals surface area contributed by atoms with Crippen molar-refractivity contribution in [2.24, 2.45) is 0 Å². The van der Waals surface area contributed by atoms with Crippen molar-refractivity contribution >= 4 is 5.91 Å². The lowest BCUT2D eigenvalue weighted by molar-refractivity contribution is -0.124. The zero-order chi connectivity index (χ0) is 13.5. The SMILES string of the molecule is COCC(C)NC(=O)COc1cc(C)cc(O)c1. The highest BCUT2D eigenvalue weighted by Crippen LogP contribution is 2.20. The molecular formula is C13H19NO4. The Hall–Kier alpha value is -1.75. The molecule has 5 heteroatoms. The van der Waals surface area contributed by atoms with Gasteiger partial charge >= 0.3 is 0 Å². The summed E-state index contributed by atoms with van der Waals surface area (Å²) in [5, 5.41) is 12.1. The van der Waals surface area contributed by atoms with Crippen molar-refractivity contribution in [1.29, 1.82) is 0 Å². The number of hydrogen-bond acceptors (Lipinski definition) is 4. The maximum Gasteiger partial charge on any atom is 0.258 e. The number of ether oxygens (including phenoxy) is 2. The zero-order valence-electron chi connectivity index (χ0n) is 10.9. The van der Waals surface area contributed by atoms with Crippen LogP contribution in [0.1, 0.15) is 12.5 Å². The third kappa shape index (κ3) is 5.05. The van der Waals surface area contributed by atoms with Gasteiger partial charge in [-0.2, -0.15) is 0 Å². The van der Waals surface area contributed by atoms with E-state index in [2.05, 4.69) is 5.32 Å². The molecule has 1 rings (SSSR count). The lowest BCUT2D eigenvalue weighted by Crippen LogP contribution is -2.38. The monoisotopic (exact) mass is 253 g/mol. The van der Waals surface area contributed by atoms with Gasteiger partial charge in [-0.1, -0.05) is 0 Å². The second-order valence-electron chi connectivity index (χ2n) is 4.22. The molecule has 0 heterocycles. The van der Waals surface area contributed by atoms with E-state index in [1.807, 2.05) is 13.8 Å². The highest BCUT2D eigenvalue weighted by atomic mass is 16.5. The van der Waals surface area contributed by atoms with E-state index in [-0.39, 0.29) is 24.3 Å². The maximum absolute atomic E-state index is 11.5. The Morgan fingerprint density at radius 1 is 1.44 bits per heavy atom. The number of aromatic hydroxyl groups is 1. The first kappa shape index (κ1) is 14.3. The average molecular weight is 253 g/mol. The number of hydrogen-bond donors (Lipinski definition) is 2. The van der Waals surface area contributed by atoms with Gasteiger partial charge in [0.15, 0.2) is 6.61 Å². The highest BCUT2D eigenvalue weighted by molar-refractivity contribution is 5.77. The summed E-state index contributed by atoms with van der Waals surface area (Å²) >= 11 is 0. The van der Waals surface area contributed by atoms with Gasteiger partial charge in [-0.15, -0.1) is 0 Å². The molecule has 1 atom stereocenters. The molecule has 0 fully saturated rings. The normalized spacial score (nSPS) is 11.9. The molecule has 0 aliphatic heterocycles. The molecule has 0 radical (unpaired) electrons. The van der Waals surface area contributed by atoms with Crippen LogP contribution in [-0.2, 0) is 9.53 Å². The van der Waals surface area contributed by atoms with Gasteiger partial charge in [0.25, 0.3) is 5.91 Å². The van der Waals surface area contributed by atoms with Gasteiger partial charge in [-0.3, -0.25) is 4.79 Å². The zero-order valence-corrected chi connectivity index (χ0v) is 10.9. The van der Waals surface area contributed by atoms with E-state index in [0.29, 0.717) is 12.4 Å². The van der Waals surface area contributed by atoms with Crippen LogP contribution in [0, 0.1) is 6.92 Å². The molecule has 0 saturated heterocycles. The van der Waals surface area contributed by atoms with Gasteiger partial charge < -0.3 is 19.9 Å². The standard InChI is InChI=1S/C13H19NO4/c1-9-4-11(15)6-12(5-9)18-8-13(16)14-10(2)7-17-3/h4-6,10,15H,7-8H2,1-3H3,(H,14,16). The Bertz CT molecular complexity index is 386. The summed E-state index contributed by atoms with van der Waals surface area (Å²) in [5.41, 5.74) is 0.873. The number of methoxy groups -OCH3 is 1. The van der Waals surface area contributed by atoms with Crippen LogP contribution >= 0.6 is 0 Å². The van der Waals surface area contributed by atoms with Gasteiger partial charge in [0.2, 0.25) is 0 Å². The number of rotatable bonds is 6. The van der Waals surface area contributed by atoms with Gasteiger partial charge in [0.1, 0.15) is 11.5 Å². The Kier molecular flexibility index (Phi) is 5.45. The van der Waals surface area contributed by atoms with Crippen molar-refractivity contribution < 1.29 is 19.4 Å². The summed E-state index contributed by atoms with van der Waals surface area (Å²) in [7, 11) is 1.58. The molecule has 0 spiro atoms. The van der Waals surface area contributed by atoms with Crippen LogP contribution in [0.3, 0.4) is 0 Å². The lowest BCUT2D eigenvalue weighted by atomic mass is 10.2. The molecule has 1 unspecified atom stereocenters. The number of phenols is 1. The maximum atomic E-state index is 11.5.